The molecule has 5 nitrogen and oxygen atoms in total. The maximum absolute atomic E-state index is 11.9. The molecule has 1 N–H and O–H groups in total. The summed E-state index contributed by atoms with van der Waals surface area (Å²) >= 11 is 5.98. The predicted molar refractivity (Wildman–Crippen MR) is 77.8 cm³/mol. The maximum Gasteiger partial charge on any atom is 0.312 e. The van der Waals surface area contributed by atoms with Crippen molar-refractivity contribution in [2.75, 3.05) is 6.79 Å². The van der Waals surface area contributed by atoms with E-state index in [1.54, 1.807) is 18.2 Å². The van der Waals surface area contributed by atoms with Crippen LogP contribution < -0.4 is 14.2 Å². The second kappa shape index (κ2) is 4.81. The highest BCUT2D eigenvalue weighted by Crippen LogP contribution is 2.46. The number of hydrogen-bond acceptors (Lipinski definition) is 5. The van der Waals surface area contributed by atoms with E-state index in [0.717, 1.165) is 11.1 Å². The Kier molecular flexibility index (Phi) is 2.90. The van der Waals surface area contributed by atoms with Crippen molar-refractivity contribution in [3.63, 3.8) is 0 Å². The minimum atomic E-state index is -0.319. The highest BCUT2D eigenvalue weighted by Gasteiger charge is 2.31. The first kappa shape index (κ1) is 13.3. The SMILES string of the molecule is O=C1CC(c2ccc(O)c(Cl)c2)c2cc3c(cc2O1)OCO3. The van der Waals surface area contributed by atoms with E-state index >= 15 is 0 Å². The molecule has 0 saturated heterocycles. The second-order valence-corrected chi connectivity index (χ2v) is 5.59. The standard InChI is InChI=1S/C16H11ClO5/c17-11-3-8(1-2-12(11)18)9-5-16(19)22-13-6-15-14(4-10(9)13)20-7-21-15/h1-4,6,9,18H,5,7H2. The molecular weight excluding hydrogens is 308 g/mol. The summed E-state index contributed by atoms with van der Waals surface area (Å²) in [5, 5.41) is 9.80. The van der Waals surface area contributed by atoms with Crippen molar-refractivity contribution in [1.29, 1.82) is 0 Å². The molecule has 2 aliphatic rings. The van der Waals surface area contributed by atoms with Crippen LogP contribution in [0.4, 0.5) is 0 Å². The summed E-state index contributed by atoms with van der Waals surface area (Å²) in [6.45, 7) is 0.155. The van der Waals surface area contributed by atoms with E-state index < -0.39 is 0 Å². The Balaban J connectivity index is 1.84. The minimum Gasteiger partial charge on any atom is -0.506 e. The number of carbonyl (C=O) groups is 1. The van der Waals surface area contributed by atoms with Gasteiger partial charge in [0.2, 0.25) is 6.79 Å². The molecule has 2 heterocycles. The third-order valence-electron chi connectivity index (χ3n) is 3.85. The Labute approximate surface area is 131 Å². The van der Waals surface area contributed by atoms with Crippen LogP contribution in [0.3, 0.4) is 0 Å². The highest BCUT2D eigenvalue weighted by molar-refractivity contribution is 6.32. The zero-order valence-electron chi connectivity index (χ0n) is 11.3. The fourth-order valence-corrected chi connectivity index (χ4v) is 2.97. The Bertz CT molecular complexity index is 786. The van der Waals surface area contributed by atoms with Gasteiger partial charge in [0, 0.05) is 17.5 Å². The molecule has 0 saturated carbocycles. The number of fused-ring (bicyclic) bond motifs is 2. The molecule has 4 rings (SSSR count). The number of benzene rings is 2. The van der Waals surface area contributed by atoms with Gasteiger partial charge in [0.15, 0.2) is 11.5 Å². The fraction of sp³-hybridized carbons (Fsp3) is 0.188. The third kappa shape index (κ3) is 2.05. The number of aromatic hydroxyl groups is 1. The van der Waals surface area contributed by atoms with Crippen molar-refractivity contribution in [3.05, 3.63) is 46.5 Å². The molecule has 0 radical (unpaired) electrons. The molecule has 22 heavy (non-hydrogen) atoms. The second-order valence-electron chi connectivity index (χ2n) is 5.18. The first-order valence-electron chi connectivity index (χ1n) is 6.74. The Hall–Kier alpha value is -2.40. The van der Waals surface area contributed by atoms with Gasteiger partial charge in [-0.05, 0) is 23.8 Å². The van der Waals surface area contributed by atoms with Crippen LogP contribution in [0.15, 0.2) is 30.3 Å². The topological polar surface area (TPSA) is 65.0 Å². The lowest BCUT2D eigenvalue weighted by Gasteiger charge is -2.25. The number of rotatable bonds is 1. The molecule has 2 aromatic carbocycles. The maximum atomic E-state index is 11.9. The quantitative estimate of drug-likeness (QED) is 0.646. The summed E-state index contributed by atoms with van der Waals surface area (Å²) in [5.74, 6) is 1.15. The van der Waals surface area contributed by atoms with Gasteiger partial charge in [-0.3, -0.25) is 4.79 Å². The van der Waals surface area contributed by atoms with Gasteiger partial charge in [-0.2, -0.15) is 0 Å². The number of halogens is 1. The van der Waals surface area contributed by atoms with Crippen LogP contribution in [-0.2, 0) is 4.79 Å². The van der Waals surface area contributed by atoms with Gasteiger partial charge < -0.3 is 19.3 Å². The van der Waals surface area contributed by atoms with Crippen LogP contribution in [0.2, 0.25) is 5.02 Å². The van der Waals surface area contributed by atoms with Crippen LogP contribution >= 0.6 is 11.6 Å². The van der Waals surface area contributed by atoms with E-state index in [-0.39, 0.29) is 35.9 Å². The monoisotopic (exact) mass is 318 g/mol. The lowest BCUT2D eigenvalue weighted by Crippen LogP contribution is -2.20. The van der Waals surface area contributed by atoms with Crippen molar-refractivity contribution in [3.8, 4) is 23.0 Å². The average Bonchev–Trinajstić information content (AvgIpc) is 2.94. The van der Waals surface area contributed by atoms with Crippen LogP contribution in [0.25, 0.3) is 0 Å². The summed E-state index contributed by atoms with van der Waals surface area (Å²) in [6, 6.07) is 8.43. The number of esters is 1. The van der Waals surface area contributed by atoms with Gasteiger partial charge >= 0.3 is 5.97 Å². The number of carbonyl (C=O) groups excluding carboxylic acids is 1. The molecule has 2 aromatic rings. The molecule has 2 aliphatic heterocycles. The van der Waals surface area contributed by atoms with Crippen LogP contribution in [-0.4, -0.2) is 17.9 Å². The lowest BCUT2D eigenvalue weighted by molar-refractivity contribution is -0.135. The molecular formula is C16H11ClO5. The summed E-state index contributed by atoms with van der Waals surface area (Å²) in [4.78, 5) is 11.9. The third-order valence-corrected chi connectivity index (χ3v) is 4.15. The van der Waals surface area contributed by atoms with Gasteiger partial charge in [-0.1, -0.05) is 17.7 Å². The smallest absolute Gasteiger partial charge is 0.312 e. The van der Waals surface area contributed by atoms with Gasteiger partial charge in [-0.15, -0.1) is 0 Å². The minimum absolute atomic E-state index is 0.00899. The van der Waals surface area contributed by atoms with E-state index in [1.807, 2.05) is 6.07 Å². The molecule has 6 heteroatoms. The summed E-state index contributed by atoms with van der Waals surface area (Å²) in [6.07, 6.45) is 0.202. The lowest BCUT2D eigenvalue weighted by atomic mass is 9.86. The normalized spacial score (nSPS) is 18.8. The molecule has 0 amide bonds. The fourth-order valence-electron chi connectivity index (χ4n) is 2.78. The summed E-state index contributed by atoms with van der Waals surface area (Å²) < 4.78 is 16.0. The zero-order valence-corrected chi connectivity index (χ0v) is 12.1. The molecule has 112 valence electrons. The summed E-state index contributed by atoms with van der Waals surface area (Å²) in [5.41, 5.74) is 1.67. The number of ether oxygens (including phenoxy) is 3. The number of hydrogen-bond donors (Lipinski definition) is 1. The molecule has 0 bridgehead atoms. The molecule has 1 atom stereocenters. The Morgan fingerprint density at radius 1 is 1.09 bits per heavy atom. The van der Waals surface area contributed by atoms with E-state index in [1.165, 1.54) is 6.07 Å². The van der Waals surface area contributed by atoms with E-state index in [9.17, 15) is 9.90 Å². The summed E-state index contributed by atoms with van der Waals surface area (Å²) in [7, 11) is 0. The van der Waals surface area contributed by atoms with Crippen LogP contribution in [0.5, 0.6) is 23.0 Å². The Morgan fingerprint density at radius 3 is 2.64 bits per heavy atom. The van der Waals surface area contributed by atoms with Crippen molar-refractivity contribution >= 4 is 17.6 Å². The van der Waals surface area contributed by atoms with E-state index in [0.29, 0.717) is 17.2 Å². The van der Waals surface area contributed by atoms with Crippen molar-refractivity contribution in [1.82, 2.24) is 0 Å². The van der Waals surface area contributed by atoms with Crippen LogP contribution in [0, 0.1) is 0 Å². The van der Waals surface area contributed by atoms with Crippen LogP contribution in [0.1, 0.15) is 23.5 Å². The van der Waals surface area contributed by atoms with Crippen molar-refractivity contribution in [2.24, 2.45) is 0 Å². The predicted octanol–water partition coefficient (Wildman–Crippen LogP) is 3.22. The molecule has 0 aliphatic carbocycles. The van der Waals surface area contributed by atoms with Gasteiger partial charge in [0.25, 0.3) is 0 Å². The molecule has 0 fully saturated rings. The van der Waals surface area contributed by atoms with Crippen molar-refractivity contribution in [2.45, 2.75) is 12.3 Å². The highest BCUT2D eigenvalue weighted by atomic mass is 35.5. The largest absolute Gasteiger partial charge is 0.506 e. The Morgan fingerprint density at radius 2 is 1.86 bits per heavy atom. The first-order chi connectivity index (χ1) is 10.6. The van der Waals surface area contributed by atoms with Crippen molar-refractivity contribution < 1.29 is 24.1 Å². The van der Waals surface area contributed by atoms with Gasteiger partial charge in [0.1, 0.15) is 11.5 Å². The average molecular weight is 319 g/mol. The van der Waals surface area contributed by atoms with E-state index in [4.69, 9.17) is 25.8 Å². The number of phenols is 1. The van der Waals surface area contributed by atoms with Gasteiger partial charge in [0.05, 0.1) is 11.4 Å². The molecule has 0 spiro atoms. The first-order valence-corrected chi connectivity index (χ1v) is 7.12. The van der Waals surface area contributed by atoms with E-state index in [2.05, 4.69) is 0 Å². The number of phenolic OH excluding ortho intramolecular Hbond substituents is 1. The van der Waals surface area contributed by atoms with Gasteiger partial charge in [-0.25, -0.2) is 0 Å². The molecule has 1 unspecified atom stereocenters. The molecule has 0 aromatic heterocycles. The zero-order chi connectivity index (χ0) is 15.3.